The third kappa shape index (κ3) is 5.42. The molecule has 146 valence electrons. The average Bonchev–Trinajstić information content (AvgIpc) is 2.72. The molecular formula is C22H23NO4S. The van der Waals surface area contributed by atoms with Crippen molar-refractivity contribution in [3.05, 3.63) is 83.3 Å². The van der Waals surface area contributed by atoms with Crippen molar-refractivity contribution in [2.75, 3.05) is 19.8 Å². The van der Waals surface area contributed by atoms with Crippen LogP contribution in [0.3, 0.4) is 0 Å². The minimum Gasteiger partial charge on any atom is -0.491 e. The van der Waals surface area contributed by atoms with E-state index in [0.717, 1.165) is 21.9 Å². The molecule has 0 amide bonds. The van der Waals surface area contributed by atoms with E-state index in [2.05, 4.69) is 4.72 Å². The van der Waals surface area contributed by atoms with Gasteiger partial charge in [-0.3, -0.25) is 0 Å². The largest absolute Gasteiger partial charge is 0.491 e. The molecule has 6 heteroatoms. The molecule has 0 aliphatic carbocycles. The fourth-order valence-corrected chi connectivity index (χ4v) is 3.77. The molecule has 3 aromatic carbocycles. The summed E-state index contributed by atoms with van der Waals surface area (Å²) in [5.41, 5.74) is 1.86. The van der Waals surface area contributed by atoms with Crippen molar-refractivity contribution in [1.29, 1.82) is 0 Å². The average molecular weight is 397 g/mol. The molecule has 5 nitrogen and oxygen atoms in total. The molecule has 3 aromatic rings. The molecule has 28 heavy (non-hydrogen) atoms. The highest BCUT2D eigenvalue weighted by Gasteiger charge is 2.08. The number of hydrogen-bond acceptors (Lipinski definition) is 4. The first-order valence-corrected chi connectivity index (χ1v) is 10.6. The molecule has 2 N–H and O–H groups in total. The quantitative estimate of drug-likeness (QED) is 0.581. The number of rotatable bonds is 9. The molecule has 0 radical (unpaired) electrons. The van der Waals surface area contributed by atoms with E-state index < -0.39 is 10.0 Å². The fraction of sp³-hybridized carbons (Fsp3) is 0.182. The van der Waals surface area contributed by atoms with E-state index in [4.69, 9.17) is 9.84 Å². The number of ether oxygens (including phenoxy) is 1. The van der Waals surface area contributed by atoms with E-state index >= 15 is 0 Å². The number of aliphatic hydroxyl groups is 1. The maximum absolute atomic E-state index is 12.2. The van der Waals surface area contributed by atoms with Crippen molar-refractivity contribution < 1.29 is 18.3 Å². The second-order valence-electron chi connectivity index (χ2n) is 6.24. The molecule has 0 spiro atoms. The first-order chi connectivity index (χ1) is 13.6. The summed E-state index contributed by atoms with van der Waals surface area (Å²) in [5.74, 6) is 0.708. The maximum Gasteiger partial charge on any atom is 0.233 e. The van der Waals surface area contributed by atoms with Gasteiger partial charge in [0.2, 0.25) is 10.0 Å². The third-order valence-corrected chi connectivity index (χ3v) is 5.36. The Labute approximate surface area is 165 Å². The van der Waals surface area contributed by atoms with Crippen molar-refractivity contribution in [3.63, 3.8) is 0 Å². The molecule has 0 saturated carbocycles. The Hall–Kier alpha value is -2.67. The Morgan fingerprint density at radius 2 is 1.68 bits per heavy atom. The van der Waals surface area contributed by atoms with Crippen LogP contribution in [0.5, 0.6) is 5.75 Å². The van der Waals surface area contributed by atoms with Crippen molar-refractivity contribution in [2.45, 2.75) is 6.42 Å². The Morgan fingerprint density at radius 1 is 0.929 bits per heavy atom. The van der Waals surface area contributed by atoms with E-state index in [1.807, 2.05) is 66.7 Å². The van der Waals surface area contributed by atoms with Crippen LogP contribution in [0.1, 0.15) is 11.1 Å². The van der Waals surface area contributed by atoms with E-state index in [0.29, 0.717) is 18.7 Å². The van der Waals surface area contributed by atoms with Crippen molar-refractivity contribution >= 4 is 26.9 Å². The summed E-state index contributed by atoms with van der Waals surface area (Å²) in [4.78, 5) is 0. The van der Waals surface area contributed by atoms with Crippen LogP contribution in [0.4, 0.5) is 0 Å². The first-order valence-electron chi connectivity index (χ1n) is 9.06. The molecule has 0 aliphatic heterocycles. The molecule has 0 aliphatic rings. The molecule has 0 bridgehead atoms. The number of benzene rings is 3. The van der Waals surface area contributed by atoms with Crippen molar-refractivity contribution in [1.82, 2.24) is 4.72 Å². The van der Waals surface area contributed by atoms with Crippen LogP contribution >= 0.6 is 0 Å². The fourth-order valence-electron chi connectivity index (χ4n) is 2.95. The van der Waals surface area contributed by atoms with Crippen LogP contribution in [0.15, 0.2) is 72.1 Å². The van der Waals surface area contributed by atoms with E-state index in [-0.39, 0.29) is 13.2 Å². The molecule has 0 atom stereocenters. The lowest BCUT2D eigenvalue weighted by Crippen LogP contribution is -2.23. The minimum atomic E-state index is -3.51. The van der Waals surface area contributed by atoms with Gasteiger partial charge in [0, 0.05) is 17.3 Å². The van der Waals surface area contributed by atoms with E-state index in [1.165, 1.54) is 5.41 Å². The minimum absolute atomic E-state index is 0.0473. The van der Waals surface area contributed by atoms with E-state index in [1.54, 1.807) is 6.08 Å². The van der Waals surface area contributed by atoms with Crippen LogP contribution in [-0.2, 0) is 16.4 Å². The first kappa shape index (κ1) is 20.1. The number of aliphatic hydroxyl groups excluding tert-OH is 1. The zero-order valence-electron chi connectivity index (χ0n) is 15.4. The van der Waals surface area contributed by atoms with Gasteiger partial charge in [0.25, 0.3) is 0 Å². The summed E-state index contributed by atoms with van der Waals surface area (Å²) in [6.45, 7) is 0.480. The van der Waals surface area contributed by atoms with Crippen molar-refractivity contribution in [2.24, 2.45) is 0 Å². The lowest BCUT2D eigenvalue weighted by atomic mass is 10.0. The van der Waals surface area contributed by atoms with Crippen molar-refractivity contribution in [3.8, 4) is 5.75 Å². The Bertz CT molecular complexity index is 1050. The molecule has 0 heterocycles. The monoisotopic (exact) mass is 397 g/mol. The topological polar surface area (TPSA) is 75.6 Å². The predicted molar refractivity (Wildman–Crippen MR) is 113 cm³/mol. The summed E-state index contributed by atoms with van der Waals surface area (Å²) in [7, 11) is -3.51. The van der Waals surface area contributed by atoms with Gasteiger partial charge in [0.05, 0.1) is 6.61 Å². The van der Waals surface area contributed by atoms with E-state index in [9.17, 15) is 8.42 Å². The van der Waals surface area contributed by atoms with Gasteiger partial charge in [0.15, 0.2) is 0 Å². The van der Waals surface area contributed by atoms with Crippen LogP contribution in [-0.4, -0.2) is 33.3 Å². The van der Waals surface area contributed by atoms with Gasteiger partial charge in [0.1, 0.15) is 12.4 Å². The van der Waals surface area contributed by atoms with Gasteiger partial charge in [-0.15, -0.1) is 0 Å². The lowest BCUT2D eigenvalue weighted by Gasteiger charge is -2.11. The molecule has 0 unspecified atom stereocenters. The molecular weight excluding hydrogens is 374 g/mol. The lowest BCUT2D eigenvalue weighted by molar-refractivity contribution is 0.203. The second-order valence-corrected chi connectivity index (χ2v) is 7.89. The standard InChI is InChI=1S/C22H23NO4S/c24-15-16-27-22-11-5-9-20-19(8-4-10-21(20)22)12-14-23-28(25,26)17-13-18-6-2-1-3-7-18/h1-11,13,17,23-24H,12,14-16H2. The summed E-state index contributed by atoms with van der Waals surface area (Å²) >= 11 is 0. The summed E-state index contributed by atoms with van der Waals surface area (Å²) < 4.78 is 32.6. The normalized spacial score (nSPS) is 11.9. The summed E-state index contributed by atoms with van der Waals surface area (Å²) in [6.07, 6.45) is 2.13. The summed E-state index contributed by atoms with van der Waals surface area (Å²) in [6, 6.07) is 20.9. The predicted octanol–water partition coefficient (Wildman–Crippen LogP) is 3.34. The molecule has 0 fully saturated rings. The Kier molecular flexibility index (Phi) is 6.81. The van der Waals surface area contributed by atoms with Gasteiger partial charge in [-0.25, -0.2) is 13.1 Å². The number of hydrogen-bond donors (Lipinski definition) is 2. The smallest absolute Gasteiger partial charge is 0.233 e. The Morgan fingerprint density at radius 3 is 2.46 bits per heavy atom. The van der Waals surface area contributed by atoms with Gasteiger partial charge < -0.3 is 9.84 Å². The maximum atomic E-state index is 12.2. The SMILES string of the molecule is O=S(=O)(C=Cc1ccccc1)NCCc1cccc2c(OCCO)cccc12. The number of nitrogens with one attached hydrogen (secondary N) is 1. The highest BCUT2D eigenvalue weighted by atomic mass is 32.2. The highest BCUT2D eigenvalue weighted by Crippen LogP contribution is 2.28. The molecule has 0 saturated heterocycles. The molecule has 0 aromatic heterocycles. The zero-order chi connectivity index (χ0) is 19.8. The number of fused-ring (bicyclic) bond motifs is 1. The van der Waals surface area contributed by atoms with Gasteiger partial charge in [-0.2, -0.15) is 0 Å². The van der Waals surface area contributed by atoms with Crippen LogP contribution in [0.2, 0.25) is 0 Å². The summed E-state index contributed by atoms with van der Waals surface area (Å²) in [5, 5.41) is 12.1. The Balaban J connectivity index is 1.67. The molecule has 3 rings (SSSR count). The van der Waals surface area contributed by atoms with Gasteiger partial charge >= 0.3 is 0 Å². The van der Waals surface area contributed by atoms with Crippen LogP contribution in [0, 0.1) is 0 Å². The second kappa shape index (κ2) is 9.50. The van der Waals surface area contributed by atoms with Crippen LogP contribution in [0.25, 0.3) is 16.8 Å². The van der Waals surface area contributed by atoms with Gasteiger partial charge in [-0.1, -0.05) is 60.7 Å². The third-order valence-electron chi connectivity index (χ3n) is 4.26. The zero-order valence-corrected chi connectivity index (χ0v) is 16.2. The highest BCUT2D eigenvalue weighted by molar-refractivity contribution is 7.92. The van der Waals surface area contributed by atoms with Gasteiger partial charge in [-0.05, 0) is 35.1 Å². The van der Waals surface area contributed by atoms with Crippen LogP contribution < -0.4 is 9.46 Å². The number of sulfonamides is 1.